The van der Waals surface area contributed by atoms with E-state index in [1.54, 1.807) is 6.92 Å². The monoisotopic (exact) mass is 609 g/mol. The molecule has 43 heavy (non-hydrogen) atoms. The molecule has 1 saturated carbocycles. The van der Waals surface area contributed by atoms with Gasteiger partial charge in [-0.15, -0.1) is 8.78 Å². The summed E-state index contributed by atoms with van der Waals surface area (Å²) in [5, 5.41) is 13.3. The Bertz CT molecular complexity index is 1520. The molecule has 2 aromatic heterocycles. The fourth-order valence-corrected chi connectivity index (χ4v) is 5.94. The van der Waals surface area contributed by atoms with Crippen LogP contribution < -0.4 is 14.2 Å². The molecule has 1 unspecified atom stereocenters. The predicted molar refractivity (Wildman–Crippen MR) is 138 cm³/mol. The molecule has 1 N–H and O–H groups in total. The van der Waals surface area contributed by atoms with Crippen LogP contribution in [-0.4, -0.2) is 38.2 Å². The molecule has 1 aromatic carbocycles. The second-order valence-electron chi connectivity index (χ2n) is 10.9. The van der Waals surface area contributed by atoms with Gasteiger partial charge in [0.1, 0.15) is 12.2 Å². The number of ether oxygens (including phenoxy) is 4. The van der Waals surface area contributed by atoms with E-state index in [0.29, 0.717) is 49.8 Å². The van der Waals surface area contributed by atoms with Gasteiger partial charge in [0.25, 0.3) is 0 Å². The summed E-state index contributed by atoms with van der Waals surface area (Å²) < 4.78 is 91.6. The zero-order valence-electron chi connectivity index (χ0n) is 22.9. The van der Waals surface area contributed by atoms with Crippen molar-refractivity contribution >= 4 is 5.97 Å². The van der Waals surface area contributed by atoms with E-state index < -0.39 is 42.3 Å². The highest BCUT2D eigenvalue weighted by Crippen LogP contribution is 2.44. The molecule has 3 aromatic rings. The van der Waals surface area contributed by atoms with Crippen molar-refractivity contribution in [2.75, 3.05) is 0 Å². The number of aromatic nitrogens is 3. The SMILES string of the molecule is C[C@H](Oc1cc(-n2nc(C(F)(F)F)c3c2C(OC2CCC(C(=O)O)CC2)CCC3)ccn1)c1ccc2c(c1)OC(F)(F)O2. The van der Waals surface area contributed by atoms with E-state index in [9.17, 15) is 31.9 Å². The van der Waals surface area contributed by atoms with Gasteiger partial charge in [0.05, 0.1) is 23.4 Å². The lowest BCUT2D eigenvalue weighted by Crippen LogP contribution is -2.29. The van der Waals surface area contributed by atoms with E-state index in [0.717, 1.165) is 0 Å². The fourth-order valence-electron chi connectivity index (χ4n) is 5.94. The summed E-state index contributed by atoms with van der Waals surface area (Å²) in [5.41, 5.74) is 0.164. The average molecular weight is 610 g/mol. The van der Waals surface area contributed by atoms with Crippen molar-refractivity contribution in [1.82, 2.24) is 14.8 Å². The Kier molecular flexibility index (Phi) is 7.43. The summed E-state index contributed by atoms with van der Waals surface area (Å²) in [6, 6.07) is 7.18. The second kappa shape index (κ2) is 11.0. The first kappa shape index (κ1) is 29.1. The number of benzene rings is 1. The van der Waals surface area contributed by atoms with Gasteiger partial charge in [0, 0.05) is 17.8 Å². The Morgan fingerprint density at radius 2 is 1.84 bits per heavy atom. The number of fused-ring (bicyclic) bond motifs is 2. The molecule has 0 radical (unpaired) electrons. The number of rotatable bonds is 7. The number of nitrogens with zero attached hydrogens (tertiary/aromatic N) is 3. The minimum absolute atomic E-state index is 0.0751. The molecule has 14 heteroatoms. The van der Waals surface area contributed by atoms with Gasteiger partial charge in [-0.3, -0.25) is 4.79 Å². The Morgan fingerprint density at radius 1 is 1.09 bits per heavy atom. The molecule has 1 aliphatic heterocycles. The molecule has 9 nitrogen and oxygen atoms in total. The number of hydrogen-bond acceptors (Lipinski definition) is 7. The van der Waals surface area contributed by atoms with E-state index in [-0.39, 0.29) is 41.2 Å². The first-order chi connectivity index (χ1) is 20.4. The standard InChI is InChI=1S/C29H28F5N3O6/c1-15(17-7-10-21-23(13-17)43-29(33,34)42-21)40-24-14-18(11-12-35-24)37-25-20(26(36-37)28(30,31)32)3-2-4-22(25)41-19-8-5-16(6-9-19)27(38)39/h7,10-16,19,22H,2-6,8-9H2,1H3,(H,38,39)/t15-,16?,19?,22?/m0/s1. The van der Waals surface area contributed by atoms with Crippen molar-refractivity contribution in [2.24, 2.45) is 5.92 Å². The minimum atomic E-state index is -4.69. The number of carboxylic acids is 1. The summed E-state index contributed by atoms with van der Waals surface area (Å²) in [5.74, 6) is -1.48. The average Bonchev–Trinajstić information content (AvgIpc) is 3.50. The van der Waals surface area contributed by atoms with Crippen LogP contribution in [0.5, 0.6) is 17.4 Å². The van der Waals surface area contributed by atoms with Crippen LogP contribution in [0.15, 0.2) is 36.5 Å². The quantitative estimate of drug-likeness (QED) is 0.292. The molecule has 2 atom stereocenters. The van der Waals surface area contributed by atoms with Crippen LogP contribution in [0, 0.1) is 5.92 Å². The Morgan fingerprint density at radius 3 is 2.56 bits per heavy atom. The van der Waals surface area contributed by atoms with E-state index in [1.165, 1.54) is 41.2 Å². The number of alkyl halides is 5. The number of halogens is 5. The van der Waals surface area contributed by atoms with E-state index in [2.05, 4.69) is 19.6 Å². The maximum absolute atomic E-state index is 14.1. The van der Waals surface area contributed by atoms with Gasteiger partial charge in [0.2, 0.25) is 5.88 Å². The molecule has 3 heterocycles. The van der Waals surface area contributed by atoms with E-state index in [4.69, 9.17) is 9.47 Å². The summed E-state index contributed by atoms with van der Waals surface area (Å²) in [6.45, 7) is 1.66. The highest BCUT2D eigenvalue weighted by Gasteiger charge is 2.44. The molecule has 0 amide bonds. The van der Waals surface area contributed by atoms with Crippen LogP contribution >= 0.6 is 0 Å². The van der Waals surface area contributed by atoms with E-state index in [1.807, 2.05) is 0 Å². The van der Waals surface area contributed by atoms with E-state index >= 15 is 0 Å². The molecule has 0 bridgehead atoms. The molecule has 2 aliphatic carbocycles. The first-order valence-electron chi connectivity index (χ1n) is 14.0. The van der Waals surface area contributed by atoms with Crippen molar-refractivity contribution in [3.63, 3.8) is 0 Å². The fraction of sp³-hybridized carbons (Fsp3) is 0.483. The molecular formula is C29H28F5N3O6. The van der Waals surface area contributed by atoms with Gasteiger partial charge >= 0.3 is 18.4 Å². The number of hydrogen-bond donors (Lipinski definition) is 1. The normalized spacial score (nSPS) is 23.4. The van der Waals surface area contributed by atoms with Crippen LogP contribution in [-0.2, 0) is 22.1 Å². The Labute approximate surface area is 242 Å². The van der Waals surface area contributed by atoms with Crippen molar-refractivity contribution in [3.8, 4) is 23.1 Å². The predicted octanol–water partition coefficient (Wildman–Crippen LogP) is 6.79. The molecule has 0 spiro atoms. The molecule has 230 valence electrons. The van der Waals surface area contributed by atoms with Crippen LogP contribution in [0.2, 0.25) is 0 Å². The lowest BCUT2D eigenvalue weighted by molar-refractivity contribution is -0.286. The topological polar surface area (TPSA) is 105 Å². The maximum Gasteiger partial charge on any atom is 0.586 e. The zero-order chi connectivity index (χ0) is 30.5. The summed E-state index contributed by atoms with van der Waals surface area (Å²) in [6.07, 6.45) is -5.64. The molecule has 0 saturated heterocycles. The van der Waals surface area contributed by atoms with Crippen molar-refractivity contribution in [3.05, 3.63) is 59.0 Å². The largest absolute Gasteiger partial charge is 0.586 e. The van der Waals surface area contributed by atoms with Gasteiger partial charge in [0.15, 0.2) is 17.2 Å². The van der Waals surface area contributed by atoms with Gasteiger partial charge in [-0.25, -0.2) is 9.67 Å². The number of pyridine rings is 1. The molecule has 1 fully saturated rings. The third-order valence-electron chi connectivity index (χ3n) is 8.03. The molecule has 6 rings (SSSR count). The second-order valence-corrected chi connectivity index (χ2v) is 10.9. The van der Waals surface area contributed by atoms with Crippen LogP contribution in [0.3, 0.4) is 0 Å². The van der Waals surface area contributed by atoms with Gasteiger partial charge in [-0.2, -0.15) is 18.3 Å². The van der Waals surface area contributed by atoms with Crippen molar-refractivity contribution < 1.29 is 50.8 Å². The summed E-state index contributed by atoms with van der Waals surface area (Å²) in [7, 11) is 0. The maximum atomic E-state index is 14.1. The van der Waals surface area contributed by atoms with Crippen molar-refractivity contribution in [2.45, 2.75) is 82.7 Å². The third kappa shape index (κ3) is 5.97. The van der Waals surface area contributed by atoms with Crippen LogP contribution in [0.25, 0.3) is 5.69 Å². The smallest absolute Gasteiger partial charge is 0.481 e. The zero-order valence-corrected chi connectivity index (χ0v) is 22.9. The van der Waals surface area contributed by atoms with Gasteiger partial charge < -0.3 is 24.1 Å². The lowest BCUT2D eigenvalue weighted by atomic mass is 9.87. The Hall–Kier alpha value is -3.94. The first-order valence-corrected chi connectivity index (χ1v) is 14.0. The number of carbonyl (C=O) groups is 1. The highest BCUT2D eigenvalue weighted by molar-refractivity contribution is 5.70. The van der Waals surface area contributed by atoms with Crippen molar-refractivity contribution in [1.29, 1.82) is 0 Å². The molecule has 3 aliphatic rings. The Balaban J connectivity index is 1.27. The summed E-state index contributed by atoms with van der Waals surface area (Å²) >= 11 is 0. The highest BCUT2D eigenvalue weighted by atomic mass is 19.4. The molecular weight excluding hydrogens is 581 g/mol. The summed E-state index contributed by atoms with van der Waals surface area (Å²) in [4.78, 5) is 15.5. The van der Waals surface area contributed by atoms with Crippen LogP contribution in [0.1, 0.15) is 80.2 Å². The number of aliphatic carboxylic acids is 1. The van der Waals surface area contributed by atoms with Crippen LogP contribution in [0.4, 0.5) is 22.0 Å². The minimum Gasteiger partial charge on any atom is -0.481 e. The van der Waals surface area contributed by atoms with Gasteiger partial charge in [-0.1, -0.05) is 6.07 Å². The lowest BCUT2D eigenvalue weighted by Gasteiger charge is -2.32. The number of carboxylic acid groups (broad SMARTS) is 1. The third-order valence-corrected chi connectivity index (χ3v) is 8.03. The van der Waals surface area contributed by atoms with Gasteiger partial charge in [-0.05, 0) is 75.6 Å².